The molecule has 1 aliphatic rings. The second kappa shape index (κ2) is 8.05. The highest BCUT2D eigenvalue weighted by Gasteiger charge is 2.32. The van der Waals surface area contributed by atoms with Crippen LogP contribution < -0.4 is 10.2 Å². The first-order chi connectivity index (χ1) is 12.9. The van der Waals surface area contributed by atoms with Crippen LogP contribution in [-0.2, 0) is 11.2 Å². The molecule has 1 fully saturated rings. The first kappa shape index (κ1) is 19.3. The molecule has 0 aromatic carbocycles. The molecule has 1 amide bonds. The zero-order valence-corrected chi connectivity index (χ0v) is 16.3. The van der Waals surface area contributed by atoms with E-state index in [-0.39, 0.29) is 22.9 Å². The summed E-state index contributed by atoms with van der Waals surface area (Å²) < 4.78 is 5.57. The fourth-order valence-corrected chi connectivity index (χ4v) is 3.98. The van der Waals surface area contributed by atoms with Crippen LogP contribution in [0.25, 0.3) is 0 Å². The number of piperidine rings is 1. The third-order valence-electron chi connectivity index (χ3n) is 4.69. The number of nitrogens with zero attached hydrogens (tertiary/aromatic N) is 3. The minimum absolute atomic E-state index is 0.159. The highest BCUT2D eigenvalue weighted by molar-refractivity contribution is 7.17. The number of carbonyl (C=O) groups is 2. The number of carbonyl (C=O) groups excluding carboxylic acids is 1. The summed E-state index contributed by atoms with van der Waals surface area (Å²) in [4.78, 5) is 37.3. The Bertz CT molecular complexity index is 833. The second-order valence-corrected chi connectivity index (χ2v) is 7.42. The van der Waals surface area contributed by atoms with Gasteiger partial charge in [0.2, 0.25) is 0 Å². The van der Waals surface area contributed by atoms with Gasteiger partial charge in [-0.15, -0.1) is 0 Å². The normalized spacial score (nSPS) is 19.9. The number of imidazole rings is 1. The zero-order chi connectivity index (χ0) is 19.6. The number of aryl methyl sites for hydroxylation is 2. The summed E-state index contributed by atoms with van der Waals surface area (Å²) in [7, 11) is 1.60. The van der Waals surface area contributed by atoms with Gasteiger partial charge in [-0.1, -0.05) is 18.3 Å². The van der Waals surface area contributed by atoms with Crippen LogP contribution in [0.3, 0.4) is 0 Å². The number of ether oxygens (including phenoxy) is 1. The molecule has 2 unspecified atom stereocenters. The highest BCUT2D eigenvalue weighted by Crippen LogP contribution is 2.26. The fourth-order valence-electron chi connectivity index (χ4n) is 3.19. The Labute approximate surface area is 160 Å². The maximum atomic E-state index is 12.5. The van der Waals surface area contributed by atoms with Crippen LogP contribution in [-0.4, -0.2) is 64.3 Å². The van der Waals surface area contributed by atoms with Crippen LogP contribution in [0.1, 0.15) is 45.0 Å². The van der Waals surface area contributed by atoms with Gasteiger partial charge in [-0.05, 0) is 19.8 Å². The van der Waals surface area contributed by atoms with Gasteiger partial charge < -0.3 is 25.0 Å². The SMILES string of the molecule is CCc1nc(C(=O)NC2CCN(c3ncc(C(=O)O)s3)CC2OC)[nH]c1C. The van der Waals surface area contributed by atoms with E-state index in [0.29, 0.717) is 30.5 Å². The third kappa shape index (κ3) is 4.11. The van der Waals surface area contributed by atoms with Crippen molar-refractivity contribution in [2.45, 2.75) is 38.8 Å². The molecule has 10 heteroatoms. The van der Waals surface area contributed by atoms with E-state index in [0.717, 1.165) is 29.1 Å². The van der Waals surface area contributed by atoms with Crippen LogP contribution in [0.4, 0.5) is 5.13 Å². The molecule has 2 atom stereocenters. The summed E-state index contributed by atoms with van der Waals surface area (Å²) in [6, 6.07) is -0.159. The third-order valence-corrected chi connectivity index (χ3v) is 5.73. The van der Waals surface area contributed by atoms with E-state index in [4.69, 9.17) is 9.84 Å². The molecule has 27 heavy (non-hydrogen) atoms. The fraction of sp³-hybridized carbons (Fsp3) is 0.529. The Hall–Kier alpha value is -2.46. The van der Waals surface area contributed by atoms with Gasteiger partial charge in [-0.3, -0.25) is 4.79 Å². The summed E-state index contributed by atoms with van der Waals surface area (Å²) >= 11 is 1.14. The number of hydrogen-bond donors (Lipinski definition) is 3. The number of nitrogens with one attached hydrogen (secondary N) is 2. The minimum atomic E-state index is -0.982. The number of carboxylic acids is 1. The largest absolute Gasteiger partial charge is 0.477 e. The molecule has 9 nitrogen and oxygen atoms in total. The van der Waals surface area contributed by atoms with Crippen LogP contribution in [0.2, 0.25) is 0 Å². The number of carboxylic acid groups (broad SMARTS) is 1. The van der Waals surface area contributed by atoms with Crippen molar-refractivity contribution >= 4 is 28.3 Å². The van der Waals surface area contributed by atoms with Gasteiger partial charge in [-0.2, -0.15) is 0 Å². The van der Waals surface area contributed by atoms with Gasteiger partial charge in [0.05, 0.1) is 24.0 Å². The van der Waals surface area contributed by atoms with Crippen molar-refractivity contribution in [2.75, 3.05) is 25.1 Å². The smallest absolute Gasteiger partial charge is 0.347 e. The van der Waals surface area contributed by atoms with Crippen molar-refractivity contribution in [3.63, 3.8) is 0 Å². The topological polar surface area (TPSA) is 120 Å². The number of hydrogen-bond acceptors (Lipinski definition) is 7. The van der Waals surface area contributed by atoms with Crippen LogP contribution >= 0.6 is 11.3 Å². The first-order valence-electron chi connectivity index (χ1n) is 8.76. The Morgan fingerprint density at radius 3 is 2.89 bits per heavy atom. The minimum Gasteiger partial charge on any atom is -0.477 e. The monoisotopic (exact) mass is 393 g/mol. The van der Waals surface area contributed by atoms with E-state index in [1.807, 2.05) is 18.7 Å². The molecule has 146 valence electrons. The van der Waals surface area contributed by atoms with Gasteiger partial charge in [0.15, 0.2) is 11.0 Å². The summed E-state index contributed by atoms with van der Waals surface area (Å²) in [6.45, 7) is 5.06. The number of H-pyrrole nitrogens is 1. The predicted octanol–water partition coefficient (Wildman–Crippen LogP) is 1.46. The number of amides is 1. The van der Waals surface area contributed by atoms with Crippen molar-refractivity contribution in [1.82, 2.24) is 20.3 Å². The van der Waals surface area contributed by atoms with E-state index < -0.39 is 5.97 Å². The molecule has 0 saturated carbocycles. The van der Waals surface area contributed by atoms with E-state index in [2.05, 4.69) is 20.3 Å². The van der Waals surface area contributed by atoms with E-state index in [9.17, 15) is 9.59 Å². The van der Waals surface area contributed by atoms with Gasteiger partial charge in [-0.25, -0.2) is 14.8 Å². The summed E-state index contributed by atoms with van der Waals surface area (Å²) in [6.07, 6.45) is 2.55. The summed E-state index contributed by atoms with van der Waals surface area (Å²) in [5.74, 6) is -0.919. The molecule has 0 aliphatic carbocycles. The maximum absolute atomic E-state index is 12.5. The highest BCUT2D eigenvalue weighted by atomic mass is 32.1. The van der Waals surface area contributed by atoms with Gasteiger partial charge in [0.25, 0.3) is 5.91 Å². The molecule has 2 aromatic rings. The Balaban J connectivity index is 1.65. The lowest BCUT2D eigenvalue weighted by atomic mass is 10.0. The molecule has 3 heterocycles. The lowest BCUT2D eigenvalue weighted by Crippen LogP contribution is -2.55. The standard InChI is InChI=1S/C17H23N5O4S/c1-4-10-9(2)19-14(20-10)15(23)21-11-5-6-22(8-12(11)26-3)17-18-7-13(27-17)16(24)25/h7,11-12H,4-6,8H2,1-3H3,(H,19,20)(H,21,23)(H,24,25). The van der Waals surface area contributed by atoms with Crippen molar-refractivity contribution < 1.29 is 19.4 Å². The maximum Gasteiger partial charge on any atom is 0.347 e. The number of aromatic nitrogens is 3. The van der Waals surface area contributed by atoms with Gasteiger partial charge in [0.1, 0.15) is 4.88 Å². The number of rotatable bonds is 6. The molecule has 0 spiro atoms. The van der Waals surface area contributed by atoms with Crippen LogP contribution in [0, 0.1) is 6.92 Å². The molecule has 0 radical (unpaired) electrons. The Morgan fingerprint density at radius 2 is 2.30 bits per heavy atom. The molecular weight excluding hydrogens is 370 g/mol. The summed E-state index contributed by atoms with van der Waals surface area (Å²) in [5, 5.41) is 12.7. The van der Waals surface area contributed by atoms with E-state index >= 15 is 0 Å². The number of methoxy groups -OCH3 is 1. The molecule has 2 aromatic heterocycles. The average molecular weight is 393 g/mol. The second-order valence-electron chi connectivity index (χ2n) is 6.41. The lowest BCUT2D eigenvalue weighted by molar-refractivity contribution is 0.0538. The zero-order valence-electron chi connectivity index (χ0n) is 15.5. The summed E-state index contributed by atoms with van der Waals surface area (Å²) in [5.41, 5.74) is 1.79. The quantitative estimate of drug-likeness (QED) is 0.679. The van der Waals surface area contributed by atoms with Crippen LogP contribution in [0.15, 0.2) is 6.20 Å². The molecule has 3 rings (SSSR count). The molecule has 0 bridgehead atoms. The van der Waals surface area contributed by atoms with E-state index in [1.54, 1.807) is 7.11 Å². The van der Waals surface area contributed by atoms with Crippen molar-refractivity contribution in [3.8, 4) is 0 Å². The molecule has 3 N–H and O–H groups in total. The number of aromatic amines is 1. The molecular formula is C17H23N5O4S. The van der Waals surface area contributed by atoms with Crippen LogP contribution in [0.5, 0.6) is 0 Å². The van der Waals surface area contributed by atoms with Gasteiger partial charge >= 0.3 is 5.97 Å². The molecule has 1 saturated heterocycles. The number of thiazole rings is 1. The molecule has 1 aliphatic heterocycles. The predicted molar refractivity (Wildman–Crippen MR) is 101 cm³/mol. The van der Waals surface area contributed by atoms with Crippen molar-refractivity contribution in [3.05, 3.63) is 28.3 Å². The average Bonchev–Trinajstić information content (AvgIpc) is 3.29. The lowest BCUT2D eigenvalue weighted by Gasteiger charge is -2.37. The Morgan fingerprint density at radius 1 is 1.52 bits per heavy atom. The number of aromatic carboxylic acids is 1. The first-order valence-corrected chi connectivity index (χ1v) is 9.57. The van der Waals surface area contributed by atoms with Crippen molar-refractivity contribution in [1.29, 1.82) is 0 Å². The van der Waals surface area contributed by atoms with Gasteiger partial charge in [0, 0.05) is 25.9 Å². The number of anilines is 1. The van der Waals surface area contributed by atoms with Crippen molar-refractivity contribution in [2.24, 2.45) is 0 Å². The van der Waals surface area contributed by atoms with E-state index in [1.165, 1.54) is 6.20 Å². The Kier molecular flexibility index (Phi) is 5.76.